The molecular weight excluding hydrogens is 444 g/mol. The third-order valence-electron chi connectivity index (χ3n) is 6.27. The van der Waals surface area contributed by atoms with E-state index >= 15 is 0 Å². The summed E-state index contributed by atoms with van der Waals surface area (Å²) in [7, 11) is -4.50. The normalized spacial score (nSPS) is 22.7. The van der Waals surface area contributed by atoms with E-state index in [4.69, 9.17) is 4.65 Å². The average Bonchev–Trinajstić information content (AvgIpc) is 3.05. The zero-order valence-corrected chi connectivity index (χ0v) is 19.4. The van der Waals surface area contributed by atoms with E-state index in [1.54, 1.807) is 24.4 Å². The number of nitrogens with zero attached hydrogens (tertiary/aromatic N) is 1. The second-order valence-electron chi connectivity index (χ2n) is 8.88. The van der Waals surface area contributed by atoms with Crippen molar-refractivity contribution >= 4 is 28.6 Å². The summed E-state index contributed by atoms with van der Waals surface area (Å²) in [4.78, 5) is 4.42. The van der Waals surface area contributed by atoms with Crippen molar-refractivity contribution in [1.29, 1.82) is 0 Å². The van der Waals surface area contributed by atoms with E-state index in [0.29, 0.717) is 24.1 Å². The SMILES string of the molecule is CC(C)C1=C2[C@@H](CC/C(=C/c3ccc(O)c(F)c3)c3ccccn3)OB(O)C[C@@H]2S(=O)(=O)C1. The minimum Gasteiger partial charge on any atom is -0.505 e. The molecule has 6 nitrogen and oxygen atoms in total. The lowest BCUT2D eigenvalue weighted by atomic mass is 9.74. The van der Waals surface area contributed by atoms with Crippen LogP contribution in [0.3, 0.4) is 0 Å². The molecule has 1 aromatic carbocycles. The average molecular weight is 471 g/mol. The molecule has 1 aromatic heterocycles. The van der Waals surface area contributed by atoms with Gasteiger partial charge in [-0.1, -0.05) is 26.0 Å². The number of halogens is 1. The van der Waals surface area contributed by atoms with Gasteiger partial charge in [0.05, 0.1) is 22.8 Å². The Morgan fingerprint density at radius 2 is 2.12 bits per heavy atom. The van der Waals surface area contributed by atoms with Gasteiger partial charge in [0.2, 0.25) is 0 Å². The second kappa shape index (κ2) is 9.40. The van der Waals surface area contributed by atoms with Gasteiger partial charge >= 0.3 is 7.12 Å². The van der Waals surface area contributed by atoms with E-state index < -0.39 is 39.9 Å². The molecular formula is C24H27BFNO5S. The molecule has 1 fully saturated rings. The van der Waals surface area contributed by atoms with Gasteiger partial charge in [-0.2, -0.15) is 0 Å². The Balaban J connectivity index is 1.66. The summed E-state index contributed by atoms with van der Waals surface area (Å²) < 4.78 is 45.3. The molecule has 2 aromatic rings. The lowest BCUT2D eigenvalue weighted by molar-refractivity contribution is 0.170. The van der Waals surface area contributed by atoms with Gasteiger partial charge in [0.25, 0.3) is 0 Å². The lowest BCUT2D eigenvalue weighted by Crippen LogP contribution is -2.42. The van der Waals surface area contributed by atoms with Gasteiger partial charge < -0.3 is 14.8 Å². The van der Waals surface area contributed by atoms with Gasteiger partial charge in [0.1, 0.15) is 0 Å². The highest BCUT2D eigenvalue weighted by Crippen LogP contribution is 2.42. The third kappa shape index (κ3) is 5.05. The molecule has 2 N–H and O–H groups in total. The van der Waals surface area contributed by atoms with Crippen LogP contribution in [0.5, 0.6) is 5.75 Å². The molecule has 9 heteroatoms. The van der Waals surface area contributed by atoms with Gasteiger partial charge in [-0.05, 0) is 71.4 Å². The van der Waals surface area contributed by atoms with E-state index in [1.165, 1.54) is 12.1 Å². The first-order valence-corrected chi connectivity index (χ1v) is 12.8. The summed E-state index contributed by atoms with van der Waals surface area (Å²) in [6, 6.07) is 9.66. The summed E-state index contributed by atoms with van der Waals surface area (Å²) in [6.45, 7) is 3.95. The molecule has 33 heavy (non-hydrogen) atoms. The fourth-order valence-electron chi connectivity index (χ4n) is 4.64. The molecule has 2 aliphatic heterocycles. The number of aromatic nitrogens is 1. The Labute approximate surface area is 193 Å². The van der Waals surface area contributed by atoms with E-state index in [-0.39, 0.29) is 18.0 Å². The summed E-state index contributed by atoms with van der Waals surface area (Å²) in [5.41, 5.74) is 3.75. The van der Waals surface area contributed by atoms with Crippen molar-refractivity contribution in [3.8, 4) is 5.75 Å². The minimum absolute atomic E-state index is 0.00691. The molecule has 0 spiro atoms. The number of rotatable bonds is 6. The number of aromatic hydroxyl groups is 1. The summed E-state index contributed by atoms with van der Waals surface area (Å²) in [5, 5.41) is 19.0. The Bertz CT molecular complexity index is 1200. The fourth-order valence-corrected chi connectivity index (χ4v) is 6.92. The largest absolute Gasteiger partial charge is 0.505 e. The molecule has 3 heterocycles. The molecule has 0 aliphatic carbocycles. The highest BCUT2D eigenvalue weighted by molar-refractivity contribution is 7.92. The highest BCUT2D eigenvalue weighted by atomic mass is 32.2. The Hall–Kier alpha value is -2.49. The van der Waals surface area contributed by atoms with Gasteiger partial charge in [0, 0.05) is 12.5 Å². The molecule has 0 radical (unpaired) electrons. The molecule has 4 rings (SSSR count). The minimum atomic E-state index is -3.36. The predicted octanol–water partition coefficient (Wildman–Crippen LogP) is 3.88. The van der Waals surface area contributed by atoms with Crippen molar-refractivity contribution in [1.82, 2.24) is 4.98 Å². The van der Waals surface area contributed by atoms with Crippen LogP contribution in [0.15, 0.2) is 53.7 Å². The maximum Gasteiger partial charge on any atom is 0.456 e. The van der Waals surface area contributed by atoms with Gasteiger partial charge in [0.15, 0.2) is 21.4 Å². The van der Waals surface area contributed by atoms with Crippen LogP contribution in [-0.2, 0) is 14.5 Å². The number of allylic oxidation sites excluding steroid dienone is 1. The molecule has 2 aliphatic rings. The fraction of sp³-hybridized carbons (Fsp3) is 0.375. The van der Waals surface area contributed by atoms with E-state index in [9.17, 15) is 22.9 Å². The standard InChI is InChI=1S/C24H27BFNO5S/c1-15(2)18-14-33(30,31)23-13-25(29)32-22(24(18)23)9-7-17(20-5-3-4-10-27-20)11-16-6-8-21(28)19(26)12-16/h3-6,8,10-12,15,22-23,28-29H,7,9,13-14H2,1-2H3/b17-11-/t22-,23+/m1/s1. The molecule has 1 saturated heterocycles. The van der Waals surface area contributed by atoms with Crippen molar-refractivity contribution in [3.05, 3.63) is 70.8 Å². The van der Waals surface area contributed by atoms with Crippen LogP contribution < -0.4 is 0 Å². The van der Waals surface area contributed by atoms with Gasteiger partial charge in [-0.25, -0.2) is 12.8 Å². The molecule has 0 unspecified atom stereocenters. The Morgan fingerprint density at radius 3 is 2.79 bits per heavy atom. The van der Waals surface area contributed by atoms with Crippen molar-refractivity contribution in [2.45, 2.75) is 44.4 Å². The number of benzene rings is 1. The summed E-state index contributed by atoms with van der Waals surface area (Å²) >= 11 is 0. The maximum absolute atomic E-state index is 13.9. The Kier molecular flexibility index (Phi) is 6.74. The number of hydrogen-bond acceptors (Lipinski definition) is 6. The van der Waals surface area contributed by atoms with Crippen molar-refractivity contribution < 1.29 is 27.6 Å². The maximum atomic E-state index is 13.9. The first-order chi connectivity index (χ1) is 15.7. The highest BCUT2D eigenvalue weighted by Gasteiger charge is 2.48. The lowest BCUT2D eigenvalue weighted by Gasteiger charge is -2.32. The molecule has 174 valence electrons. The topological polar surface area (TPSA) is 96.7 Å². The number of phenols is 1. The smallest absolute Gasteiger partial charge is 0.456 e. The second-order valence-corrected chi connectivity index (χ2v) is 11.1. The van der Waals surface area contributed by atoms with Gasteiger partial charge in [-0.3, -0.25) is 4.98 Å². The van der Waals surface area contributed by atoms with Crippen LogP contribution in [0.2, 0.25) is 6.32 Å². The first-order valence-electron chi connectivity index (χ1n) is 11.0. The molecule has 2 atom stereocenters. The van der Waals surface area contributed by atoms with E-state index in [0.717, 1.165) is 16.7 Å². The molecule has 0 saturated carbocycles. The Morgan fingerprint density at radius 1 is 1.33 bits per heavy atom. The van der Waals surface area contributed by atoms with E-state index in [1.807, 2.05) is 26.0 Å². The van der Waals surface area contributed by atoms with Crippen LogP contribution >= 0.6 is 0 Å². The zero-order chi connectivity index (χ0) is 23.8. The molecule has 0 bridgehead atoms. The first kappa shape index (κ1) is 23.7. The number of hydrogen-bond donors (Lipinski definition) is 2. The third-order valence-corrected chi connectivity index (χ3v) is 8.30. The van der Waals surface area contributed by atoms with Crippen LogP contribution in [0.25, 0.3) is 11.6 Å². The van der Waals surface area contributed by atoms with Crippen molar-refractivity contribution in [3.63, 3.8) is 0 Å². The quantitative estimate of drug-likeness (QED) is 0.491. The van der Waals surface area contributed by atoms with Crippen LogP contribution in [0.4, 0.5) is 4.39 Å². The van der Waals surface area contributed by atoms with Crippen molar-refractivity contribution in [2.75, 3.05) is 5.75 Å². The number of pyridine rings is 1. The number of phenolic OH excluding ortho intramolecular Hbond substituents is 1. The number of fused-ring (bicyclic) bond motifs is 1. The van der Waals surface area contributed by atoms with Crippen LogP contribution in [0, 0.1) is 11.7 Å². The van der Waals surface area contributed by atoms with Gasteiger partial charge in [-0.15, -0.1) is 0 Å². The van der Waals surface area contributed by atoms with Crippen LogP contribution in [-0.4, -0.2) is 47.8 Å². The van der Waals surface area contributed by atoms with Crippen molar-refractivity contribution in [2.24, 2.45) is 5.92 Å². The predicted molar refractivity (Wildman–Crippen MR) is 126 cm³/mol. The summed E-state index contributed by atoms with van der Waals surface area (Å²) in [6.07, 6.45) is 3.90. The van der Waals surface area contributed by atoms with Crippen LogP contribution in [0.1, 0.15) is 37.9 Å². The van der Waals surface area contributed by atoms with E-state index in [2.05, 4.69) is 4.98 Å². The number of sulfone groups is 1. The monoisotopic (exact) mass is 471 g/mol. The zero-order valence-electron chi connectivity index (χ0n) is 18.6. The molecule has 0 amide bonds. The summed E-state index contributed by atoms with van der Waals surface area (Å²) in [5.74, 6) is -1.06.